The van der Waals surface area contributed by atoms with Gasteiger partial charge in [-0.1, -0.05) is 0 Å². The minimum absolute atomic E-state index is 0.00135. The van der Waals surface area contributed by atoms with Crippen LogP contribution in [0, 0.1) is 10.1 Å². The summed E-state index contributed by atoms with van der Waals surface area (Å²) in [5, 5.41) is 26.3. The van der Waals surface area contributed by atoms with Crippen LogP contribution in [0.1, 0.15) is 67.2 Å². The summed E-state index contributed by atoms with van der Waals surface area (Å²) in [5.41, 5.74) is -1.35. The number of amides is 3. The summed E-state index contributed by atoms with van der Waals surface area (Å²) < 4.78 is 15.8. The number of nitro benzene ring substituents is 1. The summed E-state index contributed by atoms with van der Waals surface area (Å²) in [6, 6.07) is 5.24. The van der Waals surface area contributed by atoms with Crippen molar-refractivity contribution in [1.29, 1.82) is 0 Å². The van der Waals surface area contributed by atoms with E-state index in [-0.39, 0.29) is 30.2 Å². The van der Waals surface area contributed by atoms with E-state index < -0.39 is 34.6 Å². The summed E-state index contributed by atoms with van der Waals surface area (Å²) in [5.74, 6) is -0.00488. The first-order chi connectivity index (χ1) is 18.1. The summed E-state index contributed by atoms with van der Waals surface area (Å²) in [4.78, 5) is 48.4. The highest BCUT2D eigenvalue weighted by atomic mass is 16.6. The van der Waals surface area contributed by atoms with Crippen molar-refractivity contribution in [2.24, 2.45) is 0 Å². The van der Waals surface area contributed by atoms with Gasteiger partial charge in [0.15, 0.2) is 6.29 Å². The molecular weight excluding hydrogens is 512 g/mol. The van der Waals surface area contributed by atoms with Crippen molar-refractivity contribution < 1.29 is 38.6 Å². The standard InChI is InChI=1S/C26H42N4O9/c1-25(2,3)38-23(33)27-15-7-17-29(18-8-16-28-24(34)39-26(4,5)6)21(31)13-14-22(32)37-20-11-9-19(10-12-20)30(35)36/h9-12,22,32H,7-8,13-18H2,1-6H3,(H,27,33)(H,28,34). The van der Waals surface area contributed by atoms with Gasteiger partial charge in [0.05, 0.1) is 4.92 Å². The summed E-state index contributed by atoms with van der Waals surface area (Å²) in [6.07, 6.45) is -1.48. The van der Waals surface area contributed by atoms with Gasteiger partial charge in [0.1, 0.15) is 17.0 Å². The van der Waals surface area contributed by atoms with Crippen LogP contribution in [0.5, 0.6) is 5.75 Å². The van der Waals surface area contributed by atoms with E-state index in [1.807, 2.05) is 0 Å². The number of carbonyl (C=O) groups excluding carboxylic acids is 3. The Bertz CT molecular complexity index is 904. The predicted molar refractivity (Wildman–Crippen MR) is 143 cm³/mol. The fourth-order valence-electron chi connectivity index (χ4n) is 3.18. The second kappa shape index (κ2) is 15.7. The first kappa shape index (κ1) is 33.4. The molecule has 0 bridgehead atoms. The lowest BCUT2D eigenvalue weighted by molar-refractivity contribution is -0.384. The van der Waals surface area contributed by atoms with Crippen molar-refractivity contribution in [3.63, 3.8) is 0 Å². The van der Waals surface area contributed by atoms with Gasteiger partial charge in [0.25, 0.3) is 5.69 Å². The zero-order valence-corrected chi connectivity index (χ0v) is 23.7. The number of nitrogens with zero attached hydrogens (tertiary/aromatic N) is 2. The second-order valence-electron chi connectivity index (χ2n) is 10.8. The van der Waals surface area contributed by atoms with Gasteiger partial charge in [0, 0.05) is 51.2 Å². The summed E-state index contributed by atoms with van der Waals surface area (Å²) in [6.45, 7) is 11.8. The fraction of sp³-hybridized carbons (Fsp3) is 0.654. The van der Waals surface area contributed by atoms with E-state index in [9.17, 15) is 29.6 Å². The molecule has 1 aromatic carbocycles. The number of nitrogens with one attached hydrogen (secondary N) is 2. The lowest BCUT2D eigenvalue weighted by Crippen LogP contribution is -2.38. The van der Waals surface area contributed by atoms with Crippen LogP contribution in [0.2, 0.25) is 0 Å². The van der Waals surface area contributed by atoms with Gasteiger partial charge in [-0.15, -0.1) is 0 Å². The Kier molecular flexibility index (Phi) is 13.5. The SMILES string of the molecule is CC(C)(C)OC(=O)NCCCN(CCCNC(=O)OC(C)(C)C)C(=O)CCC(O)Oc1ccc([N+](=O)[O-])cc1. The molecule has 0 aromatic heterocycles. The van der Waals surface area contributed by atoms with Crippen LogP contribution in [0.3, 0.4) is 0 Å². The number of alkyl carbamates (subject to hydrolysis) is 2. The molecule has 39 heavy (non-hydrogen) atoms. The minimum Gasteiger partial charge on any atom is -0.465 e. The number of ether oxygens (including phenoxy) is 3. The molecule has 1 atom stereocenters. The van der Waals surface area contributed by atoms with Gasteiger partial charge in [-0.2, -0.15) is 0 Å². The van der Waals surface area contributed by atoms with Crippen molar-refractivity contribution in [3.8, 4) is 5.75 Å². The normalized spacial score (nSPS) is 12.2. The molecule has 1 unspecified atom stereocenters. The molecule has 0 fully saturated rings. The monoisotopic (exact) mass is 554 g/mol. The van der Waals surface area contributed by atoms with Crippen molar-refractivity contribution in [3.05, 3.63) is 34.4 Å². The highest BCUT2D eigenvalue weighted by Gasteiger charge is 2.19. The highest BCUT2D eigenvalue weighted by Crippen LogP contribution is 2.19. The number of aliphatic hydroxyl groups is 1. The zero-order valence-electron chi connectivity index (χ0n) is 23.7. The molecule has 0 heterocycles. The van der Waals surface area contributed by atoms with E-state index in [1.54, 1.807) is 46.4 Å². The second-order valence-corrected chi connectivity index (χ2v) is 10.8. The van der Waals surface area contributed by atoms with Crippen LogP contribution in [-0.2, 0) is 14.3 Å². The average Bonchev–Trinajstić information content (AvgIpc) is 2.79. The Balaban J connectivity index is 2.59. The largest absolute Gasteiger partial charge is 0.465 e. The molecule has 0 aliphatic heterocycles. The summed E-state index contributed by atoms with van der Waals surface area (Å²) in [7, 11) is 0. The Morgan fingerprint density at radius 3 is 1.79 bits per heavy atom. The molecule has 0 aliphatic rings. The van der Waals surface area contributed by atoms with Gasteiger partial charge >= 0.3 is 12.2 Å². The summed E-state index contributed by atoms with van der Waals surface area (Å²) >= 11 is 0. The third-order valence-corrected chi connectivity index (χ3v) is 4.82. The van der Waals surface area contributed by atoms with Gasteiger partial charge in [-0.25, -0.2) is 9.59 Å². The number of non-ortho nitro benzene ring substituents is 1. The number of nitro groups is 1. The Morgan fingerprint density at radius 2 is 1.38 bits per heavy atom. The first-order valence-electron chi connectivity index (χ1n) is 12.9. The van der Waals surface area contributed by atoms with E-state index in [0.29, 0.717) is 39.0 Å². The minimum atomic E-state index is -1.29. The molecule has 3 amide bonds. The zero-order chi connectivity index (χ0) is 29.6. The Morgan fingerprint density at radius 1 is 0.923 bits per heavy atom. The van der Waals surface area contributed by atoms with Gasteiger partial charge in [-0.3, -0.25) is 14.9 Å². The van der Waals surface area contributed by atoms with E-state index in [1.165, 1.54) is 24.3 Å². The molecule has 0 spiro atoms. The quantitative estimate of drug-likeness (QED) is 0.134. The van der Waals surface area contributed by atoms with Crippen molar-refractivity contribution >= 4 is 23.8 Å². The number of rotatable bonds is 14. The predicted octanol–water partition coefficient (Wildman–Crippen LogP) is 3.73. The van der Waals surface area contributed by atoms with E-state index in [4.69, 9.17) is 14.2 Å². The lowest BCUT2D eigenvalue weighted by Gasteiger charge is -2.24. The average molecular weight is 555 g/mol. The lowest BCUT2D eigenvalue weighted by atomic mass is 10.2. The maximum Gasteiger partial charge on any atom is 0.407 e. The van der Waals surface area contributed by atoms with Crippen LogP contribution in [-0.4, -0.2) is 76.7 Å². The van der Waals surface area contributed by atoms with E-state index in [0.717, 1.165) is 0 Å². The number of aliphatic hydroxyl groups excluding tert-OH is 1. The third-order valence-electron chi connectivity index (χ3n) is 4.82. The molecule has 13 heteroatoms. The molecule has 220 valence electrons. The molecule has 13 nitrogen and oxygen atoms in total. The Hall–Kier alpha value is -3.61. The van der Waals surface area contributed by atoms with Crippen LogP contribution in [0.4, 0.5) is 15.3 Å². The topological polar surface area (TPSA) is 170 Å². The van der Waals surface area contributed by atoms with Crippen LogP contribution >= 0.6 is 0 Å². The number of carbonyl (C=O) groups is 3. The first-order valence-corrected chi connectivity index (χ1v) is 12.9. The van der Waals surface area contributed by atoms with Crippen molar-refractivity contribution in [2.75, 3.05) is 26.2 Å². The molecule has 0 aliphatic carbocycles. The Labute approximate surface area is 229 Å². The van der Waals surface area contributed by atoms with Crippen LogP contribution in [0.25, 0.3) is 0 Å². The van der Waals surface area contributed by atoms with Crippen molar-refractivity contribution in [2.45, 2.75) is 84.7 Å². The van der Waals surface area contributed by atoms with E-state index in [2.05, 4.69) is 10.6 Å². The maximum atomic E-state index is 12.9. The molecule has 1 rings (SSSR count). The van der Waals surface area contributed by atoms with E-state index >= 15 is 0 Å². The highest BCUT2D eigenvalue weighted by molar-refractivity contribution is 5.76. The fourth-order valence-corrected chi connectivity index (χ4v) is 3.18. The van der Waals surface area contributed by atoms with Gasteiger partial charge < -0.3 is 34.9 Å². The number of hydrogen-bond donors (Lipinski definition) is 3. The molecule has 1 aromatic rings. The molecule has 0 saturated carbocycles. The van der Waals surface area contributed by atoms with Gasteiger partial charge in [0.2, 0.25) is 5.91 Å². The molecule has 0 saturated heterocycles. The number of benzene rings is 1. The van der Waals surface area contributed by atoms with Gasteiger partial charge in [-0.05, 0) is 66.5 Å². The van der Waals surface area contributed by atoms with Crippen molar-refractivity contribution in [1.82, 2.24) is 15.5 Å². The smallest absolute Gasteiger partial charge is 0.407 e. The molecular formula is C26H42N4O9. The molecule has 3 N–H and O–H groups in total. The van der Waals surface area contributed by atoms with Crippen LogP contribution in [0.15, 0.2) is 24.3 Å². The van der Waals surface area contributed by atoms with Crippen LogP contribution < -0.4 is 15.4 Å². The number of hydrogen-bond acceptors (Lipinski definition) is 9. The molecule has 0 radical (unpaired) electrons. The maximum absolute atomic E-state index is 12.9. The third kappa shape index (κ3) is 16.1.